The minimum absolute atomic E-state index is 0.121. The molecule has 0 saturated carbocycles. The molecule has 1 amide bonds. The van der Waals surface area contributed by atoms with Gasteiger partial charge in [0.15, 0.2) is 0 Å². The molecule has 0 aliphatic carbocycles. The van der Waals surface area contributed by atoms with Gasteiger partial charge in [0.05, 0.1) is 18.5 Å². The number of esters is 1. The monoisotopic (exact) mass is 415 g/mol. The van der Waals surface area contributed by atoms with E-state index in [4.69, 9.17) is 4.74 Å². The van der Waals surface area contributed by atoms with Crippen LogP contribution in [0.4, 0.5) is 11.4 Å². The maximum absolute atomic E-state index is 13.5. The van der Waals surface area contributed by atoms with Gasteiger partial charge in [0.1, 0.15) is 11.4 Å². The first kappa shape index (κ1) is 20.6. The molecule has 0 N–H and O–H groups in total. The SMILES string of the molecule is COC(=O)c1cccc(C(=O)N2C[C@H](C)CN(Cc3ccccc3)c3ccccc32)n1. The number of carbonyl (C=O) groups excluding carboxylic acids is 2. The van der Waals surface area contributed by atoms with Crippen LogP contribution in [0.3, 0.4) is 0 Å². The van der Waals surface area contributed by atoms with Crippen LogP contribution >= 0.6 is 0 Å². The molecule has 31 heavy (non-hydrogen) atoms. The lowest BCUT2D eigenvalue weighted by Crippen LogP contribution is -2.35. The number of amides is 1. The van der Waals surface area contributed by atoms with Gasteiger partial charge in [0.2, 0.25) is 0 Å². The van der Waals surface area contributed by atoms with Gasteiger partial charge in [-0.2, -0.15) is 0 Å². The molecular formula is C25H25N3O3. The fraction of sp³-hybridized carbons (Fsp3) is 0.240. The van der Waals surface area contributed by atoms with E-state index in [9.17, 15) is 9.59 Å². The molecule has 1 atom stereocenters. The van der Waals surface area contributed by atoms with E-state index in [1.165, 1.54) is 12.7 Å². The summed E-state index contributed by atoms with van der Waals surface area (Å²) < 4.78 is 4.75. The number of pyridine rings is 1. The Balaban J connectivity index is 1.70. The number of aromatic nitrogens is 1. The number of benzene rings is 2. The molecule has 1 aromatic heterocycles. The number of anilines is 2. The van der Waals surface area contributed by atoms with E-state index in [1.54, 1.807) is 23.1 Å². The summed E-state index contributed by atoms with van der Waals surface area (Å²) in [6, 6.07) is 23.1. The Labute approximate surface area is 182 Å². The zero-order valence-corrected chi connectivity index (χ0v) is 17.7. The summed E-state index contributed by atoms with van der Waals surface area (Å²) in [6.45, 7) is 4.29. The second kappa shape index (κ2) is 9.00. The largest absolute Gasteiger partial charge is 0.464 e. The second-order valence-electron chi connectivity index (χ2n) is 7.78. The topological polar surface area (TPSA) is 62.7 Å². The molecule has 0 spiro atoms. The summed E-state index contributed by atoms with van der Waals surface area (Å²) in [5, 5.41) is 0. The Morgan fingerprint density at radius 3 is 2.32 bits per heavy atom. The maximum Gasteiger partial charge on any atom is 0.356 e. The van der Waals surface area contributed by atoms with E-state index >= 15 is 0 Å². The zero-order chi connectivity index (χ0) is 21.8. The number of rotatable bonds is 4. The molecular weight excluding hydrogens is 390 g/mol. The minimum atomic E-state index is -0.562. The molecule has 6 nitrogen and oxygen atoms in total. The Kier molecular flexibility index (Phi) is 5.98. The second-order valence-corrected chi connectivity index (χ2v) is 7.78. The van der Waals surface area contributed by atoms with Gasteiger partial charge in [0, 0.05) is 19.6 Å². The summed E-state index contributed by atoms with van der Waals surface area (Å²) >= 11 is 0. The highest BCUT2D eigenvalue weighted by Gasteiger charge is 2.29. The van der Waals surface area contributed by atoms with Crippen molar-refractivity contribution in [3.8, 4) is 0 Å². The van der Waals surface area contributed by atoms with Crippen LogP contribution in [0.1, 0.15) is 33.5 Å². The van der Waals surface area contributed by atoms with E-state index in [2.05, 4.69) is 35.0 Å². The van der Waals surface area contributed by atoms with Gasteiger partial charge in [-0.1, -0.05) is 55.5 Å². The van der Waals surface area contributed by atoms with E-state index in [-0.39, 0.29) is 23.2 Å². The number of nitrogens with zero attached hydrogens (tertiary/aromatic N) is 3. The number of methoxy groups -OCH3 is 1. The lowest BCUT2D eigenvalue weighted by molar-refractivity contribution is 0.0594. The Morgan fingerprint density at radius 2 is 1.58 bits per heavy atom. The lowest BCUT2D eigenvalue weighted by Gasteiger charge is -2.27. The van der Waals surface area contributed by atoms with Gasteiger partial charge in [-0.3, -0.25) is 4.79 Å². The first-order chi connectivity index (χ1) is 15.1. The van der Waals surface area contributed by atoms with E-state index in [0.717, 1.165) is 24.5 Å². The molecule has 0 radical (unpaired) electrons. The molecule has 2 aromatic carbocycles. The van der Waals surface area contributed by atoms with Crippen LogP contribution in [0.25, 0.3) is 0 Å². The zero-order valence-electron chi connectivity index (χ0n) is 17.7. The van der Waals surface area contributed by atoms with Gasteiger partial charge >= 0.3 is 5.97 Å². The molecule has 158 valence electrons. The fourth-order valence-corrected chi connectivity index (χ4v) is 3.96. The molecule has 0 bridgehead atoms. The van der Waals surface area contributed by atoms with Crippen molar-refractivity contribution >= 4 is 23.3 Å². The molecule has 0 saturated heterocycles. The third kappa shape index (κ3) is 4.43. The molecule has 1 aliphatic heterocycles. The van der Waals surface area contributed by atoms with E-state index in [1.807, 2.05) is 36.4 Å². The Hall–Kier alpha value is -3.67. The van der Waals surface area contributed by atoms with E-state index in [0.29, 0.717) is 6.54 Å². The highest BCUT2D eigenvalue weighted by Crippen LogP contribution is 2.35. The van der Waals surface area contributed by atoms with Crippen molar-refractivity contribution in [1.29, 1.82) is 0 Å². The number of hydrogen-bond acceptors (Lipinski definition) is 5. The Bertz CT molecular complexity index is 1080. The predicted octanol–water partition coefficient (Wildman–Crippen LogP) is 4.17. The van der Waals surface area contributed by atoms with Gasteiger partial charge in [-0.05, 0) is 35.7 Å². The van der Waals surface area contributed by atoms with Crippen LogP contribution in [0.5, 0.6) is 0 Å². The number of fused-ring (bicyclic) bond motifs is 1. The van der Waals surface area contributed by atoms with Gasteiger partial charge < -0.3 is 14.5 Å². The minimum Gasteiger partial charge on any atom is -0.464 e. The standard InChI is InChI=1S/C25H25N3O3/c1-18-15-27(17-19-9-4-3-5-10-19)22-13-6-7-14-23(22)28(16-18)24(29)20-11-8-12-21(26-20)25(30)31-2/h3-14,18H,15-17H2,1-2H3/t18-/m1/s1. The van der Waals surface area contributed by atoms with Crippen LogP contribution in [-0.2, 0) is 11.3 Å². The number of carbonyl (C=O) groups is 2. The van der Waals surface area contributed by atoms with Gasteiger partial charge in [0.25, 0.3) is 5.91 Å². The van der Waals surface area contributed by atoms with Crippen LogP contribution in [0, 0.1) is 5.92 Å². The molecule has 2 heterocycles. The summed E-state index contributed by atoms with van der Waals surface area (Å²) in [6.07, 6.45) is 0. The summed E-state index contributed by atoms with van der Waals surface area (Å²) in [5.74, 6) is -0.552. The molecule has 6 heteroatoms. The van der Waals surface area contributed by atoms with Crippen molar-refractivity contribution in [3.63, 3.8) is 0 Å². The van der Waals surface area contributed by atoms with E-state index < -0.39 is 5.97 Å². The van der Waals surface area contributed by atoms with Gasteiger partial charge in [-0.25, -0.2) is 9.78 Å². The van der Waals surface area contributed by atoms with Crippen LogP contribution < -0.4 is 9.80 Å². The molecule has 0 fully saturated rings. The van der Waals surface area contributed by atoms with Crippen molar-refractivity contribution < 1.29 is 14.3 Å². The average Bonchev–Trinajstić information content (AvgIpc) is 2.95. The summed E-state index contributed by atoms with van der Waals surface area (Å²) in [5.41, 5.74) is 3.42. The highest BCUT2D eigenvalue weighted by molar-refractivity contribution is 6.07. The predicted molar refractivity (Wildman–Crippen MR) is 120 cm³/mol. The summed E-state index contributed by atoms with van der Waals surface area (Å²) in [4.78, 5) is 33.7. The van der Waals surface area contributed by atoms with Crippen LogP contribution in [0.2, 0.25) is 0 Å². The number of ether oxygens (including phenoxy) is 1. The lowest BCUT2D eigenvalue weighted by atomic mass is 10.1. The van der Waals surface area contributed by atoms with Crippen molar-refractivity contribution in [1.82, 2.24) is 4.98 Å². The quantitative estimate of drug-likeness (QED) is 0.599. The smallest absolute Gasteiger partial charge is 0.356 e. The third-order valence-electron chi connectivity index (χ3n) is 5.36. The fourth-order valence-electron chi connectivity index (χ4n) is 3.96. The molecule has 4 rings (SSSR count). The number of para-hydroxylation sites is 2. The van der Waals surface area contributed by atoms with Crippen molar-refractivity contribution in [2.75, 3.05) is 30.0 Å². The molecule has 1 aliphatic rings. The first-order valence-electron chi connectivity index (χ1n) is 10.3. The summed E-state index contributed by atoms with van der Waals surface area (Å²) in [7, 11) is 1.30. The van der Waals surface area contributed by atoms with Crippen LogP contribution in [-0.4, -0.2) is 37.1 Å². The van der Waals surface area contributed by atoms with Gasteiger partial charge in [-0.15, -0.1) is 0 Å². The first-order valence-corrected chi connectivity index (χ1v) is 10.3. The van der Waals surface area contributed by atoms with Crippen molar-refractivity contribution in [2.45, 2.75) is 13.5 Å². The van der Waals surface area contributed by atoms with Crippen LogP contribution in [0.15, 0.2) is 72.8 Å². The highest BCUT2D eigenvalue weighted by atomic mass is 16.5. The normalized spacial score (nSPS) is 15.7. The maximum atomic E-state index is 13.5. The molecule has 0 unspecified atom stereocenters. The Morgan fingerprint density at radius 1 is 0.903 bits per heavy atom. The van der Waals surface area contributed by atoms with Crippen molar-refractivity contribution in [3.05, 3.63) is 89.7 Å². The average molecular weight is 415 g/mol. The number of hydrogen-bond donors (Lipinski definition) is 0. The van der Waals surface area contributed by atoms with Crippen molar-refractivity contribution in [2.24, 2.45) is 5.92 Å². The third-order valence-corrected chi connectivity index (χ3v) is 5.36. The molecule has 3 aromatic rings.